The van der Waals surface area contributed by atoms with Gasteiger partial charge in [-0.2, -0.15) is 0 Å². The van der Waals surface area contributed by atoms with Gasteiger partial charge in [0.05, 0.1) is 11.5 Å². The normalized spacial score (nSPS) is 10.3. The summed E-state index contributed by atoms with van der Waals surface area (Å²) in [5, 5.41) is 3.71. The summed E-state index contributed by atoms with van der Waals surface area (Å²) in [7, 11) is 0. The van der Waals surface area contributed by atoms with Gasteiger partial charge >= 0.3 is 5.97 Å². The van der Waals surface area contributed by atoms with E-state index in [9.17, 15) is 4.79 Å². The van der Waals surface area contributed by atoms with Gasteiger partial charge in [0.25, 0.3) is 0 Å². The van der Waals surface area contributed by atoms with Crippen LogP contribution in [0.4, 0.5) is 5.13 Å². The topological polar surface area (TPSA) is 114 Å². The second-order valence-electron chi connectivity index (χ2n) is 3.13. The lowest BCUT2D eigenvalue weighted by molar-refractivity contribution is 0.0520. The van der Waals surface area contributed by atoms with Crippen molar-refractivity contribution in [2.75, 3.05) is 18.9 Å². The van der Waals surface area contributed by atoms with Crippen LogP contribution in [0.15, 0.2) is 11.2 Å². The van der Waals surface area contributed by atoms with Gasteiger partial charge in [-0.3, -0.25) is 0 Å². The Morgan fingerprint density at radius 2 is 2.50 bits per heavy atom. The minimum Gasteiger partial charge on any atom is -0.461 e. The highest BCUT2D eigenvalue weighted by Gasteiger charge is 2.16. The molecule has 0 spiro atoms. The fourth-order valence-corrected chi connectivity index (χ4v) is 1.93. The highest BCUT2D eigenvalue weighted by Crippen LogP contribution is 2.22. The third-order valence-electron chi connectivity index (χ3n) is 1.87. The third kappa shape index (κ3) is 4.08. The van der Waals surface area contributed by atoms with Crippen LogP contribution in [0.5, 0.6) is 0 Å². The van der Waals surface area contributed by atoms with Crippen LogP contribution in [-0.2, 0) is 4.74 Å². The molecular formula is C10H13N5O2S. The van der Waals surface area contributed by atoms with Gasteiger partial charge in [0.1, 0.15) is 0 Å². The van der Waals surface area contributed by atoms with Crippen LogP contribution in [0.1, 0.15) is 28.7 Å². The molecule has 1 aromatic heterocycles. The zero-order chi connectivity index (χ0) is 13.4. The van der Waals surface area contributed by atoms with Gasteiger partial charge in [0.15, 0.2) is 10.8 Å². The highest BCUT2D eigenvalue weighted by molar-refractivity contribution is 7.16. The lowest BCUT2D eigenvalue weighted by Crippen LogP contribution is -2.06. The molecule has 8 heteroatoms. The molecule has 0 unspecified atom stereocenters. The number of azide groups is 1. The number of anilines is 1. The molecule has 0 aliphatic heterocycles. The molecule has 0 aromatic carbocycles. The Bertz CT molecular complexity index is 490. The molecule has 0 bridgehead atoms. The number of carbonyl (C=O) groups excluding carboxylic acids is 1. The molecule has 0 aliphatic carbocycles. The molecule has 0 saturated carbocycles. The summed E-state index contributed by atoms with van der Waals surface area (Å²) >= 11 is 1.21. The number of carbonyl (C=O) groups is 1. The van der Waals surface area contributed by atoms with Crippen molar-refractivity contribution in [2.45, 2.75) is 13.3 Å². The standard InChI is InChI=1S/C10H13N5O2S/c1-2-17-9(16)8-7(18-10(11)14-8)5-3-4-6-13-15-12/h3,5H,2,4,6H2,1H3,(H2,11,14). The van der Waals surface area contributed by atoms with Crippen LogP contribution in [-0.4, -0.2) is 24.1 Å². The van der Waals surface area contributed by atoms with Gasteiger partial charge in [-0.05, 0) is 25.0 Å². The minimum absolute atomic E-state index is 0.222. The van der Waals surface area contributed by atoms with E-state index in [0.717, 1.165) is 0 Å². The molecule has 0 amide bonds. The summed E-state index contributed by atoms with van der Waals surface area (Å²) in [6.45, 7) is 2.38. The highest BCUT2D eigenvalue weighted by atomic mass is 32.1. The van der Waals surface area contributed by atoms with Crippen molar-refractivity contribution in [2.24, 2.45) is 5.11 Å². The van der Waals surface area contributed by atoms with Crippen LogP contribution in [0.3, 0.4) is 0 Å². The van der Waals surface area contributed by atoms with E-state index in [1.54, 1.807) is 19.1 Å². The zero-order valence-corrected chi connectivity index (χ0v) is 10.7. The predicted octanol–water partition coefficient (Wildman–Crippen LogP) is 2.62. The number of hydrogen-bond acceptors (Lipinski definition) is 6. The fourth-order valence-electron chi connectivity index (χ4n) is 1.18. The molecule has 1 rings (SSSR count). The maximum absolute atomic E-state index is 11.6. The number of nitrogens with two attached hydrogens (primary N) is 1. The quantitative estimate of drug-likeness (QED) is 0.280. The molecule has 96 valence electrons. The largest absolute Gasteiger partial charge is 0.461 e. The van der Waals surface area contributed by atoms with Crippen molar-refractivity contribution >= 4 is 28.5 Å². The first kappa shape index (κ1) is 14.0. The van der Waals surface area contributed by atoms with Gasteiger partial charge in [-0.25, -0.2) is 9.78 Å². The summed E-state index contributed by atoms with van der Waals surface area (Å²) in [5.41, 5.74) is 13.9. The van der Waals surface area contributed by atoms with E-state index < -0.39 is 5.97 Å². The summed E-state index contributed by atoms with van der Waals surface area (Å²) in [6, 6.07) is 0. The molecule has 18 heavy (non-hydrogen) atoms. The first-order valence-corrected chi connectivity index (χ1v) is 6.11. The molecule has 0 atom stereocenters. The summed E-state index contributed by atoms with van der Waals surface area (Å²) < 4.78 is 4.88. The minimum atomic E-state index is -0.486. The number of rotatable bonds is 6. The van der Waals surface area contributed by atoms with E-state index in [0.29, 0.717) is 23.0 Å². The van der Waals surface area contributed by atoms with Crippen LogP contribution < -0.4 is 5.73 Å². The van der Waals surface area contributed by atoms with Crippen molar-refractivity contribution < 1.29 is 9.53 Å². The lowest BCUT2D eigenvalue weighted by atomic mass is 10.3. The Balaban J connectivity index is 2.75. The van der Waals surface area contributed by atoms with Crippen LogP contribution >= 0.6 is 11.3 Å². The monoisotopic (exact) mass is 267 g/mol. The number of nitrogens with zero attached hydrogens (tertiary/aromatic N) is 4. The number of thiazole rings is 1. The van der Waals surface area contributed by atoms with Crippen molar-refractivity contribution in [1.82, 2.24) is 4.98 Å². The van der Waals surface area contributed by atoms with Crippen LogP contribution in [0, 0.1) is 0 Å². The molecule has 0 aliphatic rings. The van der Waals surface area contributed by atoms with Crippen molar-refractivity contribution in [3.63, 3.8) is 0 Å². The van der Waals surface area contributed by atoms with E-state index in [4.69, 9.17) is 16.0 Å². The Labute approximate surface area is 108 Å². The summed E-state index contributed by atoms with van der Waals surface area (Å²) in [4.78, 5) is 18.8. The number of esters is 1. The van der Waals surface area contributed by atoms with Gasteiger partial charge in [-0.15, -0.1) is 0 Å². The number of hydrogen-bond donors (Lipinski definition) is 1. The zero-order valence-electron chi connectivity index (χ0n) is 9.87. The molecule has 0 fully saturated rings. The van der Waals surface area contributed by atoms with Crippen LogP contribution in [0.2, 0.25) is 0 Å². The van der Waals surface area contributed by atoms with E-state index in [1.807, 2.05) is 0 Å². The van der Waals surface area contributed by atoms with Crippen molar-refractivity contribution in [1.29, 1.82) is 0 Å². The molecule has 1 aromatic rings. The first-order valence-electron chi connectivity index (χ1n) is 5.29. The molecular weight excluding hydrogens is 254 g/mol. The molecule has 2 N–H and O–H groups in total. The number of aromatic nitrogens is 1. The predicted molar refractivity (Wildman–Crippen MR) is 70.1 cm³/mol. The second kappa shape index (κ2) is 7.31. The van der Waals surface area contributed by atoms with E-state index >= 15 is 0 Å². The number of nitrogen functional groups attached to an aromatic ring is 1. The molecule has 1 heterocycles. The van der Waals surface area contributed by atoms with E-state index in [-0.39, 0.29) is 12.3 Å². The number of ether oxygens (including phenoxy) is 1. The molecule has 0 radical (unpaired) electrons. The van der Waals surface area contributed by atoms with Gasteiger partial charge in [-0.1, -0.05) is 22.5 Å². The molecule has 7 nitrogen and oxygen atoms in total. The maximum Gasteiger partial charge on any atom is 0.358 e. The Kier molecular flexibility index (Phi) is 5.69. The fraction of sp³-hybridized carbons (Fsp3) is 0.400. The summed E-state index contributed by atoms with van der Waals surface area (Å²) in [6.07, 6.45) is 4.11. The second-order valence-corrected chi connectivity index (χ2v) is 4.19. The van der Waals surface area contributed by atoms with E-state index in [1.165, 1.54) is 11.3 Å². The van der Waals surface area contributed by atoms with Gasteiger partial charge in [0, 0.05) is 11.5 Å². The van der Waals surface area contributed by atoms with Crippen molar-refractivity contribution in [3.05, 3.63) is 27.1 Å². The Hall–Kier alpha value is -2.05. The van der Waals surface area contributed by atoms with Gasteiger partial charge in [0.2, 0.25) is 0 Å². The average Bonchev–Trinajstić information content (AvgIpc) is 2.71. The Morgan fingerprint density at radius 1 is 1.72 bits per heavy atom. The van der Waals surface area contributed by atoms with Crippen LogP contribution in [0.25, 0.3) is 16.5 Å². The molecule has 0 saturated heterocycles. The van der Waals surface area contributed by atoms with Gasteiger partial charge < -0.3 is 10.5 Å². The van der Waals surface area contributed by atoms with Crippen molar-refractivity contribution in [3.8, 4) is 0 Å². The first-order chi connectivity index (χ1) is 8.69. The summed E-state index contributed by atoms with van der Waals surface area (Å²) in [5.74, 6) is -0.486. The van der Waals surface area contributed by atoms with E-state index in [2.05, 4.69) is 15.0 Å². The lowest BCUT2D eigenvalue weighted by Gasteiger charge is -1.98. The maximum atomic E-state index is 11.6. The SMILES string of the molecule is CCOC(=O)c1nc(N)sc1C=CCCN=[N+]=[N-]. The smallest absolute Gasteiger partial charge is 0.358 e. The third-order valence-corrected chi connectivity index (χ3v) is 2.72. The average molecular weight is 267 g/mol. The Morgan fingerprint density at radius 3 is 3.17 bits per heavy atom.